The van der Waals surface area contributed by atoms with Crippen LogP contribution in [0.2, 0.25) is 10.0 Å². The SMILES string of the molecule is Cc1ccc(CC(=O)N/N=C\c2ccc(-c3cc(Cl)ccc3Cl)o2)c(C)c1. The van der Waals surface area contributed by atoms with Gasteiger partial charge in [0, 0.05) is 10.6 Å². The lowest BCUT2D eigenvalue weighted by atomic mass is 10.0. The first-order chi connectivity index (χ1) is 12.9. The molecule has 3 aromatic rings. The lowest BCUT2D eigenvalue weighted by Crippen LogP contribution is -2.20. The van der Waals surface area contributed by atoms with Crippen molar-refractivity contribution in [2.75, 3.05) is 0 Å². The molecule has 0 spiro atoms. The predicted molar refractivity (Wildman–Crippen MR) is 110 cm³/mol. The molecule has 0 unspecified atom stereocenters. The van der Waals surface area contributed by atoms with E-state index in [2.05, 4.69) is 16.6 Å². The van der Waals surface area contributed by atoms with Crippen molar-refractivity contribution < 1.29 is 9.21 Å². The molecule has 0 saturated heterocycles. The monoisotopic (exact) mass is 400 g/mol. The average Bonchev–Trinajstić information content (AvgIpc) is 3.08. The van der Waals surface area contributed by atoms with Gasteiger partial charge in [-0.25, -0.2) is 5.43 Å². The number of hydrogen-bond donors (Lipinski definition) is 1. The van der Waals surface area contributed by atoms with Crippen LogP contribution in [0.5, 0.6) is 0 Å². The van der Waals surface area contributed by atoms with Crippen molar-refractivity contribution in [2.24, 2.45) is 5.10 Å². The number of benzene rings is 2. The molecule has 0 aliphatic rings. The summed E-state index contributed by atoms with van der Waals surface area (Å²) >= 11 is 12.2. The third kappa shape index (κ3) is 5.00. The molecule has 3 rings (SSSR count). The Kier molecular flexibility index (Phi) is 5.99. The number of rotatable bonds is 5. The molecule has 0 atom stereocenters. The van der Waals surface area contributed by atoms with Crippen molar-refractivity contribution in [3.05, 3.63) is 81.0 Å². The van der Waals surface area contributed by atoms with E-state index in [0.717, 1.165) is 11.1 Å². The third-order valence-corrected chi connectivity index (χ3v) is 4.62. The maximum Gasteiger partial charge on any atom is 0.244 e. The van der Waals surface area contributed by atoms with Crippen molar-refractivity contribution in [2.45, 2.75) is 20.3 Å². The van der Waals surface area contributed by atoms with E-state index in [9.17, 15) is 4.79 Å². The average molecular weight is 401 g/mol. The molecule has 1 N–H and O–H groups in total. The second kappa shape index (κ2) is 8.42. The van der Waals surface area contributed by atoms with E-state index in [1.54, 1.807) is 30.3 Å². The molecule has 2 aromatic carbocycles. The van der Waals surface area contributed by atoms with E-state index in [4.69, 9.17) is 27.6 Å². The number of aryl methyl sites for hydroxylation is 2. The van der Waals surface area contributed by atoms with Crippen molar-refractivity contribution in [1.82, 2.24) is 5.43 Å². The van der Waals surface area contributed by atoms with Crippen LogP contribution in [0.4, 0.5) is 0 Å². The van der Waals surface area contributed by atoms with Crippen molar-refractivity contribution in [3.8, 4) is 11.3 Å². The number of hydrazone groups is 1. The summed E-state index contributed by atoms with van der Waals surface area (Å²) in [5, 5.41) is 5.06. The van der Waals surface area contributed by atoms with Gasteiger partial charge in [-0.2, -0.15) is 5.10 Å². The summed E-state index contributed by atoms with van der Waals surface area (Å²) in [6.07, 6.45) is 1.72. The molecule has 0 saturated carbocycles. The maximum atomic E-state index is 12.1. The minimum Gasteiger partial charge on any atom is -0.455 e. The van der Waals surface area contributed by atoms with Gasteiger partial charge >= 0.3 is 0 Å². The fourth-order valence-electron chi connectivity index (χ4n) is 2.68. The third-order valence-electron chi connectivity index (χ3n) is 4.05. The van der Waals surface area contributed by atoms with E-state index in [1.165, 1.54) is 11.8 Å². The molecule has 0 bridgehead atoms. The molecule has 1 heterocycles. The number of furan rings is 1. The summed E-state index contributed by atoms with van der Waals surface area (Å²) < 4.78 is 5.69. The molecule has 0 fully saturated rings. The molecule has 0 radical (unpaired) electrons. The number of halogens is 2. The standard InChI is InChI=1S/C21H18Cl2N2O2/c1-13-3-4-15(14(2)9-13)10-21(26)25-24-12-17-6-8-20(27-17)18-11-16(22)5-7-19(18)23/h3-9,11-12H,10H2,1-2H3,(H,25,26)/b24-12-. The molecular formula is C21H18Cl2N2O2. The van der Waals surface area contributed by atoms with E-state index in [1.807, 2.05) is 26.0 Å². The van der Waals surface area contributed by atoms with Gasteiger partial charge < -0.3 is 4.42 Å². The highest BCUT2D eigenvalue weighted by Crippen LogP contribution is 2.31. The number of hydrogen-bond acceptors (Lipinski definition) is 3. The zero-order valence-electron chi connectivity index (χ0n) is 14.9. The van der Waals surface area contributed by atoms with E-state index in [-0.39, 0.29) is 12.3 Å². The Bertz CT molecular complexity index is 1010. The van der Waals surface area contributed by atoms with Crippen LogP contribution in [0.15, 0.2) is 58.0 Å². The second-order valence-electron chi connectivity index (χ2n) is 6.23. The number of carbonyl (C=O) groups is 1. The summed E-state index contributed by atoms with van der Waals surface area (Å²) in [6.45, 7) is 4.01. The molecule has 1 amide bonds. The Morgan fingerprint density at radius 1 is 1.11 bits per heavy atom. The zero-order chi connectivity index (χ0) is 19.4. The molecule has 0 aliphatic heterocycles. The highest BCUT2D eigenvalue weighted by atomic mass is 35.5. The highest BCUT2D eigenvalue weighted by molar-refractivity contribution is 6.35. The van der Waals surface area contributed by atoms with E-state index < -0.39 is 0 Å². The van der Waals surface area contributed by atoms with Crippen LogP contribution in [0.3, 0.4) is 0 Å². The molecule has 138 valence electrons. The number of nitrogens with one attached hydrogen (secondary N) is 1. The molecule has 6 heteroatoms. The first-order valence-corrected chi connectivity index (χ1v) is 9.11. The van der Waals surface area contributed by atoms with Gasteiger partial charge in [0.25, 0.3) is 0 Å². The first-order valence-electron chi connectivity index (χ1n) is 8.35. The van der Waals surface area contributed by atoms with Crippen molar-refractivity contribution in [1.29, 1.82) is 0 Å². The zero-order valence-corrected chi connectivity index (χ0v) is 16.4. The minimum absolute atomic E-state index is 0.192. The van der Waals surface area contributed by atoms with Crippen LogP contribution in [0.25, 0.3) is 11.3 Å². The number of amides is 1. The lowest BCUT2D eigenvalue weighted by molar-refractivity contribution is -0.120. The van der Waals surface area contributed by atoms with Gasteiger partial charge in [0.2, 0.25) is 5.91 Å². The molecule has 27 heavy (non-hydrogen) atoms. The molecule has 0 aliphatic carbocycles. The maximum absolute atomic E-state index is 12.1. The summed E-state index contributed by atoms with van der Waals surface area (Å²) in [5.41, 5.74) is 6.44. The Labute approximate surface area is 167 Å². The summed E-state index contributed by atoms with van der Waals surface area (Å²) in [6, 6.07) is 14.7. The van der Waals surface area contributed by atoms with Gasteiger partial charge in [-0.15, -0.1) is 0 Å². The normalized spacial score (nSPS) is 11.1. The fourth-order valence-corrected chi connectivity index (χ4v) is 3.06. The number of carbonyl (C=O) groups excluding carboxylic acids is 1. The predicted octanol–water partition coefficient (Wildman–Crippen LogP) is 5.56. The second-order valence-corrected chi connectivity index (χ2v) is 7.07. The Morgan fingerprint density at radius 2 is 1.93 bits per heavy atom. The van der Waals surface area contributed by atoms with Crippen LogP contribution in [0.1, 0.15) is 22.5 Å². The highest BCUT2D eigenvalue weighted by Gasteiger charge is 2.09. The van der Waals surface area contributed by atoms with E-state index >= 15 is 0 Å². The van der Waals surface area contributed by atoms with Gasteiger partial charge in [0.1, 0.15) is 11.5 Å². The Hall–Kier alpha value is -2.56. The van der Waals surface area contributed by atoms with Crippen LogP contribution in [0, 0.1) is 13.8 Å². The number of nitrogens with zero attached hydrogens (tertiary/aromatic N) is 1. The molecule has 1 aromatic heterocycles. The Balaban J connectivity index is 1.62. The Morgan fingerprint density at radius 3 is 2.70 bits per heavy atom. The smallest absolute Gasteiger partial charge is 0.244 e. The summed E-state index contributed by atoms with van der Waals surface area (Å²) in [7, 11) is 0. The molecular weight excluding hydrogens is 383 g/mol. The van der Waals surface area contributed by atoms with Crippen molar-refractivity contribution in [3.63, 3.8) is 0 Å². The fraction of sp³-hybridized carbons (Fsp3) is 0.143. The van der Waals surface area contributed by atoms with Gasteiger partial charge in [-0.1, -0.05) is 47.0 Å². The first kappa shape index (κ1) is 19.2. The van der Waals surface area contributed by atoms with Crippen molar-refractivity contribution >= 4 is 35.3 Å². The summed E-state index contributed by atoms with van der Waals surface area (Å²) in [5.74, 6) is 0.876. The van der Waals surface area contributed by atoms with Crippen LogP contribution in [-0.2, 0) is 11.2 Å². The minimum atomic E-state index is -0.192. The van der Waals surface area contributed by atoms with Gasteiger partial charge in [0.15, 0.2) is 0 Å². The lowest BCUT2D eigenvalue weighted by Gasteiger charge is -2.05. The van der Waals surface area contributed by atoms with Gasteiger partial charge in [0.05, 0.1) is 17.7 Å². The topological polar surface area (TPSA) is 54.6 Å². The largest absolute Gasteiger partial charge is 0.455 e. The van der Waals surface area contributed by atoms with E-state index in [0.29, 0.717) is 27.1 Å². The molecule has 4 nitrogen and oxygen atoms in total. The van der Waals surface area contributed by atoms with Crippen LogP contribution in [-0.4, -0.2) is 12.1 Å². The van der Waals surface area contributed by atoms with Gasteiger partial charge in [-0.3, -0.25) is 4.79 Å². The van der Waals surface area contributed by atoms with Crippen LogP contribution < -0.4 is 5.43 Å². The van der Waals surface area contributed by atoms with Crippen LogP contribution >= 0.6 is 23.2 Å². The van der Waals surface area contributed by atoms with Gasteiger partial charge in [-0.05, 0) is 55.3 Å². The quantitative estimate of drug-likeness (QED) is 0.449. The summed E-state index contributed by atoms with van der Waals surface area (Å²) in [4.78, 5) is 12.1.